The van der Waals surface area contributed by atoms with Crippen LogP contribution in [0.4, 0.5) is 20.4 Å². The number of carbonyl (C=O) groups is 3. The average molecular weight is 405 g/mol. The minimum Gasteiger partial charge on any atom is -0.461 e. The Kier molecular flexibility index (Phi) is 7.76. The van der Waals surface area contributed by atoms with Gasteiger partial charge in [0.05, 0.1) is 6.61 Å². The van der Waals surface area contributed by atoms with Gasteiger partial charge in [0, 0.05) is 17.6 Å². The molecule has 3 N–H and O–H groups in total. The molecule has 2 aromatic rings. The Labute approximate surface area is 167 Å². The second-order valence-corrected chi connectivity index (χ2v) is 6.57. The first kappa shape index (κ1) is 21.2. The summed E-state index contributed by atoms with van der Waals surface area (Å²) in [6.45, 7) is 6.17. The van der Waals surface area contributed by atoms with Gasteiger partial charge < -0.3 is 15.4 Å². The van der Waals surface area contributed by atoms with Gasteiger partial charge in [-0.15, -0.1) is 11.3 Å². The van der Waals surface area contributed by atoms with Gasteiger partial charge in [-0.1, -0.05) is 24.6 Å². The van der Waals surface area contributed by atoms with E-state index in [-0.39, 0.29) is 17.4 Å². The van der Waals surface area contributed by atoms with Gasteiger partial charge in [-0.3, -0.25) is 0 Å². The highest BCUT2D eigenvalue weighted by atomic mass is 32.1. The van der Waals surface area contributed by atoms with Gasteiger partial charge in [0.25, 0.3) is 0 Å². The second kappa shape index (κ2) is 10.3. The minimum atomic E-state index is -0.622. The molecular formula is C18H23N5O4S. The fraction of sp³-hybridized carbons (Fsp3) is 0.333. The van der Waals surface area contributed by atoms with Crippen LogP contribution in [-0.2, 0) is 4.74 Å². The predicted octanol–water partition coefficient (Wildman–Crippen LogP) is 3.29. The molecule has 1 heterocycles. The van der Waals surface area contributed by atoms with Crippen molar-refractivity contribution in [2.45, 2.75) is 27.2 Å². The molecule has 2 rings (SSSR count). The Morgan fingerprint density at radius 1 is 1.18 bits per heavy atom. The number of hydrogen-bond acceptors (Lipinski definition) is 6. The van der Waals surface area contributed by atoms with Crippen molar-refractivity contribution < 1.29 is 19.1 Å². The van der Waals surface area contributed by atoms with Crippen LogP contribution in [0.25, 0.3) is 0 Å². The van der Waals surface area contributed by atoms with Crippen molar-refractivity contribution in [1.82, 2.24) is 15.7 Å². The van der Waals surface area contributed by atoms with Crippen molar-refractivity contribution in [2.24, 2.45) is 0 Å². The number of ether oxygens (including phenoxy) is 1. The van der Waals surface area contributed by atoms with Crippen molar-refractivity contribution in [1.29, 1.82) is 0 Å². The van der Waals surface area contributed by atoms with E-state index in [9.17, 15) is 14.4 Å². The Morgan fingerprint density at radius 2 is 1.89 bits per heavy atom. The lowest BCUT2D eigenvalue weighted by atomic mass is 10.2. The maximum atomic E-state index is 12.5. The third kappa shape index (κ3) is 5.95. The number of benzene rings is 1. The van der Waals surface area contributed by atoms with E-state index in [1.54, 1.807) is 19.1 Å². The molecule has 0 bridgehead atoms. The summed E-state index contributed by atoms with van der Waals surface area (Å²) in [6.07, 6.45) is 0.723. The molecule has 0 fully saturated rings. The number of anilines is 2. The molecule has 28 heavy (non-hydrogen) atoms. The van der Waals surface area contributed by atoms with Gasteiger partial charge in [-0.05, 0) is 32.4 Å². The number of esters is 1. The van der Waals surface area contributed by atoms with Crippen LogP contribution >= 0.6 is 11.3 Å². The van der Waals surface area contributed by atoms with Gasteiger partial charge in [0.1, 0.15) is 0 Å². The van der Waals surface area contributed by atoms with Crippen LogP contribution in [0.1, 0.15) is 36.3 Å². The minimum absolute atomic E-state index is 0.0656. The normalized spacial score (nSPS) is 10.1. The maximum absolute atomic E-state index is 12.5. The molecule has 1 aromatic heterocycles. The van der Waals surface area contributed by atoms with Crippen LogP contribution in [0.5, 0.6) is 0 Å². The monoisotopic (exact) mass is 405 g/mol. The quantitative estimate of drug-likeness (QED) is 0.504. The van der Waals surface area contributed by atoms with Gasteiger partial charge in [-0.2, -0.15) is 5.01 Å². The Morgan fingerprint density at radius 3 is 2.54 bits per heavy atom. The first-order valence-corrected chi connectivity index (χ1v) is 9.67. The molecule has 0 aliphatic rings. The zero-order valence-corrected chi connectivity index (χ0v) is 16.8. The second-order valence-electron chi connectivity index (χ2n) is 5.74. The average Bonchev–Trinajstić information content (AvgIpc) is 3.16. The van der Waals surface area contributed by atoms with E-state index in [1.807, 2.05) is 26.0 Å². The van der Waals surface area contributed by atoms with Crippen LogP contribution < -0.4 is 21.1 Å². The van der Waals surface area contributed by atoms with E-state index in [0.717, 1.165) is 28.3 Å². The molecule has 150 valence electrons. The number of aryl methyl sites for hydroxylation is 1. The van der Waals surface area contributed by atoms with Crippen molar-refractivity contribution in [3.63, 3.8) is 0 Å². The number of rotatable bonds is 6. The summed E-state index contributed by atoms with van der Waals surface area (Å²) in [5.74, 6) is -0.594. The third-order valence-electron chi connectivity index (χ3n) is 3.42. The standard InChI is InChI=1S/C18H23N5O4S/c1-4-10-19-17(26)23(18-21-14(11-28-18)15(24)27-5-2)22-16(25)20-13-8-6-12(3)7-9-13/h6-9,11H,4-5,10H2,1-3H3,(H,19,26)(H2,20,22,25). The summed E-state index contributed by atoms with van der Waals surface area (Å²) in [4.78, 5) is 40.7. The Bertz CT molecular complexity index is 822. The van der Waals surface area contributed by atoms with E-state index < -0.39 is 18.0 Å². The van der Waals surface area contributed by atoms with Crippen LogP contribution in [0.15, 0.2) is 29.6 Å². The maximum Gasteiger partial charge on any atom is 0.357 e. The van der Waals surface area contributed by atoms with Gasteiger partial charge in [0.2, 0.25) is 5.13 Å². The molecule has 0 spiro atoms. The molecule has 4 amide bonds. The van der Waals surface area contributed by atoms with Gasteiger partial charge >= 0.3 is 18.0 Å². The number of hydrogen-bond donors (Lipinski definition) is 3. The molecule has 0 aliphatic heterocycles. The van der Waals surface area contributed by atoms with Crippen molar-refractivity contribution in [3.8, 4) is 0 Å². The van der Waals surface area contributed by atoms with Crippen molar-refractivity contribution in [3.05, 3.63) is 40.9 Å². The number of urea groups is 2. The van der Waals surface area contributed by atoms with E-state index in [4.69, 9.17) is 4.74 Å². The summed E-state index contributed by atoms with van der Waals surface area (Å²) in [6, 6.07) is 6.02. The summed E-state index contributed by atoms with van der Waals surface area (Å²) >= 11 is 1.03. The molecular weight excluding hydrogens is 382 g/mol. The summed E-state index contributed by atoms with van der Waals surface area (Å²) in [5.41, 5.74) is 4.15. The van der Waals surface area contributed by atoms with Crippen LogP contribution in [0, 0.1) is 6.92 Å². The highest BCUT2D eigenvalue weighted by molar-refractivity contribution is 7.14. The summed E-state index contributed by atoms with van der Waals surface area (Å²) in [5, 5.41) is 7.87. The lowest BCUT2D eigenvalue weighted by Crippen LogP contribution is -2.52. The number of aromatic nitrogens is 1. The molecule has 0 saturated carbocycles. The molecule has 0 radical (unpaired) electrons. The third-order valence-corrected chi connectivity index (χ3v) is 4.25. The van der Waals surface area contributed by atoms with Crippen molar-refractivity contribution in [2.75, 3.05) is 23.5 Å². The SMILES string of the molecule is CCCNC(=O)N(NC(=O)Nc1ccc(C)cc1)c1nc(C(=O)OCC)cs1. The zero-order chi connectivity index (χ0) is 20.5. The summed E-state index contributed by atoms with van der Waals surface area (Å²) in [7, 11) is 0. The fourth-order valence-corrected chi connectivity index (χ4v) is 2.81. The van der Waals surface area contributed by atoms with Crippen LogP contribution in [0.3, 0.4) is 0 Å². The van der Waals surface area contributed by atoms with Crippen molar-refractivity contribution >= 4 is 40.2 Å². The number of nitrogens with one attached hydrogen (secondary N) is 3. The Balaban J connectivity index is 2.14. The molecule has 1 aromatic carbocycles. The number of nitrogens with zero attached hydrogens (tertiary/aromatic N) is 2. The highest BCUT2D eigenvalue weighted by Gasteiger charge is 2.23. The number of carbonyl (C=O) groups excluding carboxylic acids is 3. The Hall–Kier alpha value is -3.14. The molecule has 0 atom stereocenters. The predicted molar refractivity (Wildman–Crippen MR) is 108 cm³/mol. The number of amides is 4. The smallest absolute Gasteiger partial charge is 0.357 e. The zero-order valence-electron chi connectivity index (χ0n) is 15.9. The topological polar surface area (TPSA) is 113 Å². The van der Waals surface area contributed by atoms with Crippen LogP contribution in [0.2, 0.25) is 0 Å². The van der Waals surface area contributed by atoms with E-state index in [2.05, 4.69) is 21.0 Å². The number of hydrazine groups is 1. The molecule has 0 saturated heterocycles. The van der Waals surface area contributed by atoms with Gasteiger partial charge in [0.15, 0.2) is 5.69 Å². The lowest BCUT2D eigenvalue weighted by Gasteiger charge is -2.21. The fourth-order valence-electron chi connectivity index (χ4n) is 2.06. The van der Waals surface area contributed by atoms with Gasteiger partial charge in [-0.25, -0.2) is 24.8 Å². The molecule has 0 aliphatic carbocycles. The molecule has 10 heteroatoms. The first-order valence-electron chi connectivity index (χ1n) is 8.79. The summed E-state index contributed by atoms with van der Waals surface area (Å²) < 4.78 is 4.90. The highest BCUT2D eigenvalue weighted by Crippen LogP contribution is 2.20. The largest absolute Gasteiger partial charge is 0.461 e. The van der Waals surface area contributed by atoms with E-state index in [0.29, 0.717) is 12.2 Å². The molecule has 0 unspecified atom stereocenters. The first-order chi connectivity index (χ1) is 13.4. The van der Waals surface area contributed by atoms with E-state index in [1.165, 1.54) is 5.38 Å². The lowest BCUT2D eigenvalue weighted by molar-refractivity contribution is 0.0520. The van der Waals surface area contributed by atoms with E-state index >= 15 is 0 Å². The molecule has 9 nitrogen and oxygen atoms in total. The van der Waals surface area contributed by atoms with Crippen LogP contribution in [-0.4, -0.2) is 36.2 Å². The number of thiazole rings is 1.